The van der Waals surface area contributed by atoms with Crippen molar-refractivity contribution in [1.29, 1.82) is 0 Å². The molecule has 6 nitrogen and oxygen atoms in total. The number of aromatic nitrogens is 3. The van der Waals surface area contributed by atoms with Crippen LogP contribution >= 0.6 is 0 Å². The van der Waals surface area contributed by atoms with E-state index in [2.05, 4.69) is 45.1 Å². The van der Waals surface area contributed by atoms with Crippen LogP contribution in [0.15, 0.2) is 48.7 Å². The Morgan fingerprint density at radius 1 is 1.00 bits per heavy atom. The van der Waals surface area contributed by atoms with Crippen molar-refractivity contribution in [3.8, 4) is 0 Å². The van der Waals surface area contributed by atoms with E-state index in [1.54, 1.807) is 0 Å². The van der Waals surface area contributed by atoms with E-state index in [1.165, 1.54) is 44.1 Å². The fourth-order valence-corrected chi connectivity index (χ4v) is 6.95. The van der Waals surface area contributed by atoms with Gasteiger partial charge >= 0.3 is 6.03 Å². The Balaban J connectivity index is 1.13. The molecular formula is C25H29N5O. The van der Waals surface area contributed by atoms with Gasteiger partial charge in [0.25, 0.3) is 0 Å². The number of nitrogens with one attached hydrogen (secondary N) is 2. The van der Waals surface area contributed by atoms with Crippen LogP contribution in [0.3, 0.4) is 0 Å². The lowest BCUT2D eigenvalue weighted by Crippen LogP contribution is -2.48. The molecule has 2 N–H and O–H groups in total. The summed E-state index contributed by atoms with van der Waals surface area (Å²) in [7, 11) is 0. The van der Waals surface area contributed by atoms with Crippen molar-refractivity contribution >= 4 is 17.4 Å². The Labute approximate surface area is 182 Å². The number of rotatable bonds is 4. The van der Waals surface area contributed by atoms with Crippen molar-refractivity contribution in [1.82, 2.24) is 19.9 Å². The van der Waals surface area contributed by atoms with Gasteiger partial charge < -0.3 is 10.6 Å². The number of carbonyl (C=O) groups is 1. The second-order valence-corrected chi connectivity index (χ2v) is 10.1. The number of hydrogen-bond acceptors (Lipinski definition) is 3. The maximum atomic E-state index is 12.6. The zero-order valence-corrected chi connectivity index (χ0v) is 17.9. The largest absolute Gasteiger partial charge is 0.328 e. The van der Waals surface area contributed by atoms with Gasteiger partial charge in [0.2, 0.25) is 0 Å². The Morgan fingerprint density at radius 2 is 1.68 bits per heavy atom. The predicted molar refractivity (Wildman–Crippen MR) is 120 cm³/mol. The SMILES string of the molecule is CC(NC(=O)Nc1ccc(C23CC4CC(CC(C4)C2)C3)cc1)c1nnc2ccccn12. The minimum atomic E-state index is -0.260. The molecule has 2 heterocycles. The summed E-state index contributed by atoms with van der Waals surface area (Å²) < 4.78 is 1.89. The molecule has 4 bridgehead atoms. The fraction of sp³-hybridized carbons (Fsp3) is 0.480. The van der Waals surface area contributed by atoms with Crippen molar-refractivity contribution in [2.75, 3.05) is 5.32 Å². The molecular weight excluding hydrogens is 386 g/mol. The first-order chi connectivity index (χ1) is 15.1. The lowest BCUT2D eigenvalue weighted by Gasteiger charge is -2.57. The molecule has 7 rings (SSSR count). The monoisotopic (exact) mass is 415 g/mol. The molecule has 0 spiro atoms. The second-order valence-electron chi connectivity index (χ2n) is 10.1. The molecule has 4 aliphatic rings. The molecule has 3 aromatic rings. The van der Waals surface area contributed by atoms with E-state index in [1.807, 2.05) is 35.7 Å². The zero-order chi connectivity index (χ0) is 21.0. The van der Waals surface area contributed by atoms with Gasteiger partial charge in [0.15, 0.2) is 11.5 Å². The van der Waals surface area contributed by atoms with Gasteiger partial charge in [-0.3, -0.25) is 4.40 Å². The third kappa shape index (κ3) is 3.29. The van der Waals surface area contributed by atoms with Gasteiger partial charge in [-0.1, -0.05) is 18.2 Å². The number of benzene rings is 1. The van der Waals surface area contributed by atoms with Crippen LogP contribution in [0.2, 0.25) is 0 Å². The molecule has 1 unspecified atom stereocenters. The number of carbonyl (C=O) groups excluding carboxylic acids is 1. The highest BCUT2D eigenvalue weighted by molar-refractivity contribution is 5.89. The van der Waals surface area contributed by atoms with Crippen molar-refractivity contribution < 1.29 is 4.79 Å². The predicted octanol–water partition coefficient (Wildman–Crippen LogP) is 5.08. The number of anilines is 1. The Hall–Kier alpha value is -2.89. The average molecular weight is 416 g/mol. The standard InChI is InChI=1S/C25H29N5O/c1-16(23-29-28-22-4-2-3-9-30(22)23)26-24(31)27-21-7-5-20(6-8-21)25-13-17-10-18(14-25)12-19(11-17)15-25/h2-9,16-19H,10-15H2,1H3,(H2,26,27,31). The van der Waals surface area contributed by atoms with Crippen molar-refractivity contribution in [3.05, 3.63) is 60.0 Å². The first-order valence-electron chi connectivity index (χ1n) is 11.6. The summed E-state index contributed by atoms with van der Waals surface area (Å²) in [5.41, 5.74) is 3.45. The lowest BCUT2D eigenvalue weighted by molar-refractivity contribution is -0.00518. The molecule has 1 aromatic carbocycles. The number of fused-ring (bicyclic) bond motifs is 1. The number of hydrogen-bond donors (Lipinski definition) is 2. The molecule has 2 aromatic heterocycles. The number of urea groups is 1. The summed E-state index contributed by atoms with van der Waals surface area (Å²) in [5.74, 6) is 3.52. The summed E-state index contributed by atoms with van der Waals surface area (Å²) in [5, 5.41) is 14.3. The molecule has 4 aliphatic carbocycles. The average Bonchev–Trinajstić information content (AvgIpc) is 3.17. The normalized spacial score (nSPS) is 29.8. The van der Waals surface area contributed by atoms with E-state index in [4.69, 9.17) is 0 Å². The minimum Gasteiger partial charge on any atom is -0.328 e. The van der Waals surface area contributed by atoms with Crippen molar-refractivity contribution in [2.45, 2.75) is 56.9 Å². The third-order valence-electron chi connectivity index (χ3n) is 7.87. The minimum absolute atomic E-state index is 0.234. The Morgan fingerprint density at radius 3 is 2.35 bits per heavy atom. The molecule has 0 saturated heterocycles. The van der Waals surface area contributed by atoms with Crippen LogP contribution in [-0.4, -0.2) is 20.6 Å². The molecule has 0 aliphatic heterocycles. The molecule has 6 heteroatoms. The number of pyridine rings is 1. The molecule has 1 atom stereocenters. The van der Waals surface area contributed by atoms with E-state index in [0.717, 1.165) is 29.1 Å². The Kier molecular flexibility index (Phi) is 4.30. The van der Waals surface area contributed by atoms with Gasteiger partial charge in [-0.15, -0.1) is 10.2 Å². The number of nitrogens with zero attached hydrogens (tertiary/aromatic N) is 3. The van der Waals surface area contributed by atoms with Crippen LogP contribution in [0, 0.1) is 17.8 Å². The summed E-state index contributed by atoms with van der Waals surface area (Å²) in [4.78, 5) is 12.6. The summed E-state index contributed by atoms with van der Waals surface area (Å²) in [6.07, 6.45) is 10.3. The summed E-state index contributed by atoms with van der Waals surface area (Å²) in [6.45, 7) is 1.92. The van der Waals surface area contributed by atoms with Crippen molar-refractivity contribution in [3.63, 3.8) is 0 Å². The van der Waals surface area contributed by atoms with E-state index in [0.29, 0.717) is 11.2 Å². The van der Waals surface area contributed by atoms with Gasteiger partial charge in [-0.05, 0) is 98.4 Å². The molecule has 31 heavy (non-hydrogen) atoms. The quantitative estimate of drug-likeness (QED) is 0.624. The summed E-state index contributed by atoms with van der Waals surface area (Å²) >= 11 is 0. The highest BCUT2D eigenvalue weighted by Gasteiger charge is 2.51. The van der Waals surface area contributed by atoms with Crippen LogP contribution in [0.4, 0.5) is 10.5 Å². The van der Waals surface area contributed by atoms with Crippen LogP contribution in [0.5, 0.6) is 0 Å². The fourth-order valence-electron chi connectivity index (χ4n) is 6.95. The van der Waals surface area contributed by atoms with E-state index in [-0.39, 0.29) is 12.1 Å². The first kappa shape index (κ1) is 18.8. The molecule has 2 amide bonds. The van der Waals surface area contributed by atoms with Gasteiger partial charge in [0, 0.05) is 11.9 Å². The van der Waals surface area contributed by atoms with Crippen molar-refractivity contribution in [2.24, 2.45) is 17.8 Å². The first-order valence-corrected chi connectivity index (χ1v) is 11.6. The van der Waals surface area contributed by atoms with E-state index >= 15 is 0 Å². The lowest BCUT2D eigenvalue weighted by atomic mass is 9.48. The topological polar surface area (TPSA) is 71.3 Å². The van der Waals surface area contributed by atoms with Crippen LogP contribution in [0.1, 0.15) is 62.9 Å². The van der Waals surface area contributed by atoms with Gasteiger partial charge in [0.05, 0.1) is 6.04 Å². The molecule has 160 valence electrons. The Bertz CT molecular complexity index is 1080. The molecule has 0 radical (unpaired) electrons. The third-order valence-corrected chi connectivity index (χ3v) is 7.87. The smallest absolute Gasteiger partial charge is 0.319 e. The maximum absolute atomic E-state index is 12.6. The number of amides is 2. The highest BCUT2D eigenvalue weighted by atomic mass is 16.2. The highest BCUT2D eigenvalue weighted by Crippen LogP contribution is 2.60. The second kappa shape index (κ2) is 7.08. The molecule has 4 fully saturated rings. The van der Waals surface area contributed by atoms with Gasteiger partial charge in [0.1, 0.15) is 0 Å². The van der Waals surface area contributed by atoms with Gasteiger partial charge in [-0.2, -0.15) is 0 Å². The summed E-state index contributed by atoms with van der Waals surface area (Å²) in [6, 6.07) is 13.9. The van der Waals surface area contributed by atoms with Crippen LogP contribution < -0.4 is 10.6 Å². The van der Waals surface area contributed by atoms with E-state index in [9.17, 15) is 4.79 Å². The van der Waals surface area contributed by atoms with Gasteiger partial charge in [-0.25, -0.2) is 4.79 Å². The zero-order valence-electron chi connectivity index (χ0n) is 17.9. The van der Waals surface area contributed by atoms with Crippen LogP contribution in [0.25, 0.3) is 5.65 Å². The van der Waals surface area contributed by atoms with Crippen LogP contribution in [-0.2, 0) is 5.41 Å². The maximum Gasteiger partial charge on any atom is 0.319 e. The van der Waals surface area contributed by atoms with E-state index < -0.39 is 0 Å². The molecule has 4 saturated carbocycles.